The third kappa shape index (κ3) is 2.76. The third-order valence-electron chi connectivity index (χ3n) is 3.11. The van der Waals surface area contributed by atoms with Crippen molar-refractivity contribution in [1.29, 1.82) is 0 Å². The summed E-state index contributed by atoms with van der Waals surface area (Å²) in [6, 6.07) is 7.34. The van der Waals surface area contributed by atoms with Crippen molar-refractivity contribution in [2.24, 2.45) is 5.92 Å². The minimum Gasteiger partial charge on any atom is -0.464 e. The SMILES string of the molecule is CNc1nc2ccccc2n1C(C)C(=O)OCC(C)C. The lowest BCUT2D eigenvalue weighted by Gasteiger charge is -2.17. The Kier molecular flexibility index (Phi) is 4.27. The van der Waals surface area contributed by atoms with Crippen molar-refractivity contribution >= 4 is 23.0 Å². The summed E-state index contributed by atoms with van der Waals surface area (Å²) in [5, 5.41) is 3.03. The third-order valence-corrected chi connectivity index (χ3v) is 3.11. The van der Waals surface area contributed by atoms with Crippen molar-refractivity contribution in [2.75, 3.05) is 19.0 Å². The molecule has 5 heteroatoms. The van der Waals surface area contributed by atoms with Gasteiger partial charge in [-0.2, -0.15) is 0 Å². The van der Waals surface area contributed by atoms with E-state index in [2.05, 4.69) is 10.3 Å². The van der Waals surface area contributed by atoms with E-state index in [1.807, 2.05) is 49.6 Å². The maximum atomic E-state index is 12.2. The van der Waals surface area contributed by atoms with E-state index in [4.69, 9.17) is 4.74 Å². The molecule has 0 spiro atoms. The molecule has 2 rings (SSSR count). The van der Waals surface area contributed by atoms with Gasteiger partial charge in [0.2, 0.25) is 5.95 Å². The van der Waals surface area contributed by atoms with Gasteiger partial charge in [0.05, 0.1) is 17.6 Å². The molecule has 20 heavy (non-hydrogen) atoms. The van der Waals surface area contributed by atoms with Crippen molar-refractivity contribution in [2.45, 2.75) is 26.8 Å². The maximum Gasteiger partial charge on any atom is 0.328 e. The number of aromatic nitrogens is 2. The van der Waals surface area contributed by atoms with Crippen LogP contribution >= 0.6 is 0 Å². The topological polar surface area (TPSA) is 56.2 Å². The van der Waals surface area contributed by atoms with Gasteiger partial charge in [-0.15, -0.1) is 0 Å². The minimum absolute atomic E-state index is 0.238. The monoisotopic (exact) mass is 275 g/mol. The van der Waals surface area contributed by atoms with E-state index < -0.39 is 6.04 Å². The highest BCUT2D eigenvalue weighted by Gasteiger charge is 2.22. The molecule has 0 aliphatic carbocycles. The van der Waals surface area contributed by atoms with Gasteiger partial charge in [-0.25, -0.2) is 9.78 Å². The lowest BCUT2D eigenvalue weighted by Crippen LogP contribution is -2.22. The Morgan fingerprint density at radius 3 is 2.70 bits per heavy atom. The number of carbonyl (C=O) groups excluding carboxylic acids is 1. The fourth-order valence-electron chi connectivity index (χ4n) is 2.09. The second kappa shape index (κ2) is 5.94. The molecular formula is C15H21N3O2. The van der Waals surface area contributed by atoms with Crippen LogP contribution in [0.3, 0.4) is 0 Å². The summed E-state index contributed by atoms with van der Waals surface area (Å²) in [4.78, 5) is 16.6. The van der Waals surface area contributed by atoms with Crippen LogP contribution in [0.4, 0.5) is 5.95 Å². The minimum atomic E-state index is -0.413. The van der Waals surface area contributed by atoms with Crippen LogP contribution in [0.5, 0.6) is 0 Å². The van der Waals surface area contributed by atoms with E-state index >= 15 is 0 Å². The van der Waals surface area contributed by atoms with Crippen LogP contribution in [0.1, 0.15) is 26.8 Å². The zero-order chi connectivity index (χ0) is 14.7. The van der Waals surface area contributed by atoms with Crippen LogP contribution in [-0.2, 0) is 9.53 Å². The molecule has 0 amide bonds. The van der Waals surface area contributed by atoms with Gasteiger partial charge in [0.1, 0.15) is 6.04 Å². The fourth-order valence-corrected chi connectivity index (χ4v) is 2.09. The van der Waals surface area contributed by atoms with Gasteiger partial charge in [0, 0.05) is 7.05 Å². The quantitative estimate of drug-likeness (QED) is 0.852. The van der Waals surface area contributed by atoms with Gasteiger partial charge >= 0.3 is 5.97 Å². The van der Waals surface area contributed by atoms with E-state index in [0.29, 0.717) is 18.5 Å². The average molecular weight is 275 g/mol. The molecule has 0 bridgehead atoms. The van der Waals surface area contributed by atoms with E-state index in [1.165, 1.54) is 0 Å². The fraction of sp³-hybridized carbons (Fsp3) is 0.467. The number of ether oxygens (including phenoxy) is 1. The Hall–Kier alpha value is -2.04. The van der Waals surface area contributed by atoms with Crippen LogP contribution < -0.4 is 5.32 Å². The smallest absolute Gasteiger partial charge is 0.328 e. The van der Waals surface area contributed by atoms with Crippen molar-refractivity contribution in [3.8, 4) is 0 Å². The zero-order valence-corrected chi connectivity index (χ0v) is 12.4. The van der Waals surface area contributed by atoms with Crippen LogP contribution in [-0.4, -0.2) is 29.2 Å². The van der Waals surface area contributed by atoms with Gasteiger partial charge in [0.15, 0.2) is 0 Å². The summed E-state index contributed by atoms with van der Waals surface area (Å²) >= 11 is 0. The molecule has 1 atom stereocenters. The summed E-state index contributed by atoms with van der Waals surface area (Å²) in [7, 11) is 1.80. The number of nitrogens with zero attached hydrogens (tertiary/aromatic N) is 2. The predicted molar refractivity (Wildman–Crippen MR) is 79.8 cm³/mol. The highest BCUT2D eigenvalue weighted by molar-refractivity contribution is 5.83. The number of hydrogen-bond acceptors (Lipinski definition) is 4. The molecule has 0 aliphatic heterocycles. The molecule has 0 saturated carbocycles. The lowest BCUT2D eigenvalue weighted by atomic mass is 10.2. The number of anilines is 1. The average Bonchev–Trinajstić information content (AvgIpc) is 2.82. The first-order chi connectivity index (χ1) is 9.54. The Morgan fingerprint density at radius 2 is 2.05 bits per heavy atom. The number of esters is 1. The second-order valence-electron chi connectivity index (χ2n) is 5.24. The lowest BCUT2D eigenvalue weighted by molar-refractivity contribution is -0.148. The van der Waals surface area contributed by atoms with Crippen molar-refractivity contribution < 1.29 is 9.53 Å². The molecule has 1 heterocycles. The first-order valence-electron chi connectivity index (χ1n) is 6.86. The molecule has 1 aromatic heterocycles. The Balaban J connectivity index is 2.33. The largest absolute Gasteiger partial charge is 0.464 e. The van der Waals surface area contributed by atoms with Crippen molar-refractivity contribution in [3.63, 3.8) is 0 Å². The van der Waals surface area contributed by atoms with Crippen LogP contribution in [0.25, 0.3) is 11.0 Å². The number of nitrogens with one attached hydrogen (secondary N) is 1. The van der Waals surface area contributed by atoms with E-state index in [0.717, 1.165) is 11.0 Å². The molecule has 1 unspecified atom stereocenters. The van der Waals surface area contributed by atoms with Crippen molar-refractivity contribution in [1.82, 2.24) is 9.55 Å². The molecule has 0 radical (unpaired) electrons. The Labute approximate surface area is 118 Å². The standard InChI is InChI=1S/C15H21N3O2/c1-10(2)9-20-14(19)11(3)18-13-8-6-5-7-12(13)17-15(18)16-4/h5-8,10-11H,9H2,1-4H3,(H,16,17). The summed E-state index contributed by atoms with van der Waals surface area (Å²) in [6.07, 6.45) is 0. The summed E-state index contributed by atoms with van der Waals surface area (Å²) in [5.41, 5.74) is 1.78. The highest BCUT2D eigenvalue weighted by Crippen LogP contribution is 2.24. The summed E-state index contributed by atoms with van der Waals surface area (Å²) < 4.78 is 7.20. The first kappa shape index (κ1) is 14.4. The molecule has 1 aromatic carbocycles. The number of benzene rings is 1. The van der Waals surface area contributed by atoms with E-state index in [1.54, 1.807) is 7.05 Å². The van der Waals surface area contributed by atoms with E-state index in [-0.39, 0.29) is 5.97 Å². The van der Waals surface area contributed by atoms with Gasteiger partial charge in [-0.3, -0.25) is 4.57 Å². The number of hydrogen-bond donors (Lipinski definition) is 1. The normalized spacial score (nSPS) is 12.7. The number of imidazole rings is 1. The summed E-state index contributed by atoms with van der Waals surface area (Å²) in [5.74, 6) is 0.757. The molecule has 0 saturated heterocycles. The molecule has 5 nitrogen and oxygen atoms in total. The summed E-state index contributed by atoms with van der Waals surface area (Å²) in [6.45, 7) is 6.30. The van der Waals surface area contributed by atoms with E-state index in [9.17, 15) is 4.79 Å². The molecular weight excluding hydrogens is 254 g/mol. The number of para-hydroxylation sites is 2. The molecule has 0 fully saturated rings. The Morgan fingerprint density at radius 1 is 1.35 bits per heavy atom. The number of carbonyl (C=O) groups is 1. The molecule has 2 aromatic rings. The van der Waals surface area contributed by atoms with Crippen molar-refractivity contribution in [3.05, 3.63) is 24.3 Å². The van der Waals surface area contributed by atoms with Crippen LogP contribution in [0, 0.1) is 5.92 Å². The zero-order valence-electron chi connectivity index (χ0n) is 12.4. The van der Waals surface area contributed by atoms with Gasteiger partial charge in [-0.05, 0) is 25.0 Å². The van der Waals surface area contributed by atoms with Gasteiger partial charge in [0.25, 0.3) is 0 Å². The predicted octanol–water partition coefficient (Wildman–Crippen LogP) is 2.84. The van der Waals surface area contributed by atoms with Crippen LogP contribution in [0.2, 0.25) is 0 Å². The highest BCUT2D eigenvalue weighted by atomic mass is 16.5. The second-order valence-corrected chi connectivity index (χ2v) is 5.24. The maximum absolute atomic E-state index is 12.2. The van der Waals surface area contributed by atoms with Gasteiger partial charge < -0.3 is 10.1 Å². The number of rotatable bonds is 5. The first-order valence-corrected chi connectivity index (χ1v) is 6.86. The molecule has 0 aliphatic rings. The van der Waals surface area contributed by atoms with Gasteiger partial charge in [-0.1, -0.05) is 26.0 Å². The molecule has 1 N–H and O–H groups in total. The molecule has 108 valence electrons. The van der Waals surface area contributed by atoms with Crippen LogP contribution in [0.15, 0.2) is 24.3 Å². The Bertz CT molecular complexity index is 604. The number of fused-ring (bicyclic) bond motifs is 1.